The number of ketones is 1. The number of aryl methyl sites for hydroxylation is 1. The van der Waals surface area contributed by atoms with Crippen LogP contribution in [0, 0.1) is 18.8 Å². The largest absolute Gasteiger partial charge is 0.475 e. The summed E-state index contributed by atoms with van der Waals surface area (Å²) in [6.07, 6.45) is 0.573. The van der Waals surface area contributed by atoms with E-state index in [-0.39, 0.29) is 22.9 Å². The number of ether oxygens (including phenoxy) is 1. The molecule has 0 aromatic heterocycles. The summed E-state index contributed by atoms with van der Waals surface area (Å²) in [6, 6.07) is 22.1. The second-order valence-corrected chi connectivity index (χ2v) is 11.1. The third-order valence-corrected chi connectivity index (χ3v) is 7.07. The normalized spacial score (nSPS) is 11.4. The topological polar surface area (TPSA) is 60.4 Å². The first kappa shape index (κ1) is 25.3. The van der Waals surface area contributed by atoms with Crippen LogP contribution < -0.4 is 4.74 Å². The summed E-state index contributed by atoms with van der Waals surface area (Å²) in [4.78, 5) is 12.8. The number of hydrogen-bond donors (Lipinski definition) is 0. The Morgan fingerprint density at radius 1 is 0.853 bits per heavy atom. The first-order valence-electron chi connectivity index (χ1n) is 11.3. The van der Waals surface area contributed by atoms with Gasteiger partial charge in [-0.05, 0) is 68.3 Å². The standard InChI is InChI=1S/C29H30O4S/c1-5-34(31,32)28-16-12-25(13-17-28)21-26(30)20-24-10-8-23(9-11-24)18-19-29(3,4)33-27-14-6-22(2)7-15-27/h6-17H,5,20-21H2,1-4H3. The van der Waals surface area contributed by atoms with Gasteiger partial charge in [-0.1, -0.05) is 60.7 Å². The molecule has 3 aromatic rings. The molecule has 34 heavy (non-hydrogen) atoms. The van der Waals surface area contributed by atoms with Crippen molar-refractivity contribution in [3.05, 3.63) is 95.1 Å². The number of carbonyl (C=O) groups is 1. The molecule has 3 aromatic carbocycles. The van der Waals surface area contributed by atoms with Crippen molar-refractivity contribution in [3.63, 3.8) is 0 Å². The Morgan fingerprint density at radius 3 is 1.91 bits per heavy atom. The lowest BCUT2D eigenvalue weighted by Gasteiger charge is -2.20. The van der Waals surface area contributed by atoms with E-state index >= 15 is 0 Å². The number of sulfone groups is 1. The zero-order valence-electron chi connectivity index (χ0n) is 20.1. The van der Waals surface area contributed by atoms with Gasteiger partial charge in [0.2, 0.25) is 0 Å². The quantitative estimate of drug-likeness (QED) is 0.413. The second-order valence-electron chi connectivity index (χ2n) is 8.81. The summed E-state index contributed by atoms with van der Waals surface area (Å²) in [5.74, 6) is 7.22. The third kappa shape index (κ3) is 7.33. The maximum absolute atomic E-state index is 12.5. The van der Waals surface area contributed by atoms with Gasteiger partial charge in [0.15, 0.2) is 15.4 Å². The predicted molar refractivity (Wildman–Crippen MR) is 136 cm³/mol. The van der Waals surface area contributed by atoms with Crippen LogP contribution in [0.3, 0.4) is 0 Å². The van der Waals surface area contributed by atoms with Crippen molar-refractivity contribution in [1.82, 2.24) is 0 Å². The molecule has 0 spiro atoms. The van der Waals surface area contributed by atoms with Crippen molar-refractivity contribution >= 4 is 15.6 Å². The highest BCUT2D eigenvalue weighted by atomic mass is 32.2. The van der Waals surface area contributed by atoms with Crippen molar-refractivity contribution in [3.8, 4) is 17.6 Å². The molecule has 0 aliphatic heterocycles. The van der Waals surface area contributed by atoms with E-state index in [1.807, 2.05) is 69.3 Å². The van der Waals surface area contributed by atoms with E-state index in [4.69, 9.17) is 4.74 Å². The van der Waals surface area contributed by atoms with Crippen LogP contribution in [0.15, 0.2) is 77.7 Å². The molecule has 0 amide bonds. The highest BCUT2D eigenvalue weighted by molar-refractivity contribution is 7.91. The van der Waals surface area contributed by atoms with E-state index in [2.05, 4.69) is 11.8 Å². The van der Waals surface area contributed by atoms with Crippen molar-refractivity contribution in [2.24, 2.45) is 0 Å². The molecule has 0 saturated heterocycles. The van der Waals surface area contributed by atoms with E-state index in [0.717, 1.165) is 22.4 Å². The Bertz CT molecular complexity index is 1290. The Balaban J connectivity index is 1.57. The minimum absolute atomic E-state index is 0.0584. The van der Waals surface area contributed by atoms with Gasteiger partial charge in [-0.15, -0.1) is 0 Å². The summed E-state index contributed by atoms with van der Waals surface area (Å²) in [5, 5.41) is 0. The van der Waals surface area contributed by atoms with Crippen LogP contribution in [-0.4, -0.2) is 25.6 Å². The van der Waals surface area contributed by atoms with Crippen LogP contribution in [0.2, 0.25) is 0 Å². The maximum Gasteiger partial charge on any atom is 0.178 e. The number of benzene rings is 3. The molecule has 3 rings (SSSR count). The molecule has 0 saturated carbocycles. The van der Waals surface area contributed by atoms with Gasteiger partial charge >= 0.3 is 0 Å². The smallest absolute Gasteiger partial charge is 0.178 e. The van der Waals surface area contributed by atoms with Crippen molar-refractivity contribution < 1.29 is 17.9 Å². The highest BCUT2D eigenvalue weighted by Crippen LogP contribution is 2.19. The van der Waals surface area contributed by atoms with E-state index in [1.54, 1.807) is 31.2 Å². The van der Waals surface area contributed by atoms with Gasteiger partial charge in [0.25, 0.3) is 0 Å². The third-order valence-electron chi connectivity index (χ3n) is 5.32. The molecule has 0 aliphatic rings. The monoisotopic (exact) mass is 474 g/mol. The van der Waals surface area contributed by atoms with Gasteiger partial charge in [-0.3, -0.25) is 4.79 Å². The van der Waals surface area contributed by atoms with Crippen LogP contribution >= 0.6 is 0 Å². The molecule has 5 heteroatoms. The van der Waals surface area contributed by atoms with Crippen LogP contribution in [0.1, 0.15) is 43.0 Å². The van der Waals surface area contributed by atoms with Gasteiger partial charge in [-0.2, -0.15) is 0 Å². The Labute approximate surface area is 202 Å². The van der Waals surface area contributed by atoms with Crippen LogP contribution in [0.5, 0.6) is 5.75 Å². The zero-order chi connectivity index (χ0) is 24.8. The number of hydrogen-bond acceptors (Lipinski definition) is 4. The summed E-state index contributed by atoms with van der Waals surface area (Å²) >= 11 is 0. The highest BCUT2D eigenvalue weighted by Gasteiger charge is 2.16. The molecular weight excluding hydrogens is 444 g/mol. The molecule has 0 bridgehead atoms. The summed E-state index contributed by atoms with van der Waals surface area (Å²) in [5.41, 5.74) is 3.10. The molecule has 176 valence electrons. The van der Waals surface area contributed by atoms with Gasteiger partial charge in [-0.25, -0.2) is 8.42 Å². The van der Waals surface area contributed by atoms with Crippen LogP contribution in [-0.2, 0) is 27.5 Å². The van der Waals surface area contributed by atoms with Crippen LogP contribution in [0.25, 0.3) is 0 Å². The van der Waals surface area contributed by atoms with E-state index < -0.39 is 15.4 Å². The van der Waals surface area contributed by atoms with Gasteiger partial charge in [0.05, 0.1) is 10.6 Å². The fraction of sp³-hybridized carbons (Fsp3) is 0.276. The molecule has 0 aliphatic carbocycles. The average molecular weight is 475 g/mol. The first-order valence-corrected chi connectivity index (χ1v) is 12.9. The molecule has 0 fully saturated rings. The summed E-state index contributed by atoms with van der Waals surface area (Å²) < 4.78 is 29.8. The van der Waals surface area contributed by atoms with E-state index in [1.165, 1.54) is 5.56 Å². The van der Waals surface area contributed by atoms with Crippen molar-refractivity contribution in [1.29, 1.82) is 0 Å². The van der Waals surface area contributed by atoms with Crippen molar-refractivity contribution in [2.45, 2.75) is 51.0 Å². The van der Waals surface area contributed by atoms with Gasteiger partial charge in [0.1, 0.15) is 11.5 Å². The predicted octanol–water partition coefficient (Wildman–Crippen LogP) is 5.35. The minimum Gasteiger partial charge on any atom is -0.475 e. The van der Waals surface area contributed by atoms with Crippen molar-refractivity contribution in [2.75, 3.05) is 5.75 Å². The Hall–Kier alpha value is -3.36. The van der Waals surface area contributed by atoms with E-state index in [9.17, 15) is 13.2 Å². The van der Waals surface area contributed by atoms with E-state index in [0.29, 0.717) is 6.42 Å². The number of rotatable bonds is 8. The fourth-order valence-electron chi connectivity index (χ4n) is 3.35. The average Bonchev–Trinajstić information content (AvgIpc) is 2.80. The molecule has 0 unspecified atom stereocenters. The fourth-order valence-corrected chi connectivity index (χ4v) is 4.24. The molecule has 0 radical (unpaired) electrons. The lowest BCUT2D eigenvalue weighted by molar-refractivity contribution is -0.117. The number of Topliss-reactive ketones (excluding diaryl/α,β-unsaturated/α-hetero) is 1. The molecular formula is C29H30O4S. The van der Waals surface area contributed by atoms with Crippen LogP contribution in [0.4, 0.5) is 0 Å². The summed E-state index contributed by atoms with van der Waals surface area (Å²) in [6.45, 7) is 7.50. The molecule has 0 N–H and O–H groups in total. The first-order chi connectivity index (χ1) is 16.1. The second kappa shape index (κ2) is 10.7. The van der Waals surface area contributed by atoms with Gasteiger partial charge in [0, 0.05) is 18.4 Å². The zero-order valence-corrected chi connectivity index (χ0v) is 20.9. The molecule has 0 heterocycles. The lowest BCUT2D eigenvalue weighted by Crippen LogP contribution is -2.25. The Kier molecular flexibility index (Phi) is 7.96. The lowest BCUT2D eigenvalue weighted by atomic mass is 10.0. The molecule has 0 atom stereocenters. The molecule has 4 nitrogen and oxygen atoms in total. The maximum atomic E-state index is 12.5. The number of carbonyl (C=O) groups excluding carboxylic acids is 1. The SMILES string of the molecule is CCS(=O)(=O)c1ccc(CC(=O)Cc2ccc(C#CC(C)(C)Oc3ccc(C)cc3)cc2)cc1. The van der Waals surface area contributed by atoms with Gasteiger partial charge < -0.3 is 4.74 Å². The summed E-state index contributed by atoms with van der Waals surface area (Å²) in [7, 11) is -3.23. The minimum atomic E-state index is -3.23. The Morgan fingerprint density at radius 2 is 1.38 bits per heavy atom.